The average Bonchev–Trinajstić information content (AvgIpc) is 2.35. The second-order valence-electron chi connectivity index (χ2n) is 5.03. The normalized spacial score (nSPS) is 21.4. The molecule has 1 aromatic rings. The number of halogens is 6. The minimum absolute atomic E-state index is 0.168. The van der Waals surface area contributed by atoms with Gasteiger partial charge in [0.15, 0.2) is 0 Å². The van der Waals surface area contributed by atoms with E-state index < -0.39 is 23.0 Å². The summed E-state index contributed by atoms with van der Waals surface area (Å²) < 4.78 is 83.3. The molecule has 0 spiro atoms. The summed E-state index contributed by atoms with van der Waals surface area (Å²) in [7, 11) is 0. The van der Waals surface area contributed by atoms with Gasteiger partial charge in [0.25, 0.3) is 0 Å². The van der Waals surface area contributed by atoms with E-state index in [0.29, 0.717) is 11.8 Å². The first-order valence-corrected chi connectivity index (χ1v) is 6.87. The third-order valence-corrected chi connectivity index (χ3v) is 3.88. The summed E-state index contributed by atoms with van der Waals surface area (Å²) in [6.07, 6.45) is -11.5. The Balaban J connectivity index is 2.67. The SMILES string of the molecule is CC1(C)OC(C(F)(F)F)(C(F)(F)F)N=C(c2ccccc2)S1. The lowest BCUT2D eigenvalue weighted by Gasteiger charge is -2.43. The van der Waals surface area contributed by atoms with E-state index >= 15 is 0 Å². The molecule has 2 nitrogen and oxygen atoms in total. The van der Waals surface area contributed by atoms with Crippen LogP contribution in [-0.4, -0.2) is 28.1 Å². The van der Waals surface area contributed by atoms with Crippen molar-refractivity contribution >= 4 is 16.8 Å². The topological polar surface area (TPSA) is 21.6 Å². The smallest absolute Gasteiger partial charge is 0.322 e. The Kier molecular flexibility index (Phi) is 4.02. The fourth-order valence-corrected chi connectivity index (χ4v) is 2.96. The van der Waals surface area contributed by atoms with Gasteiger partial charge in [0.05, 0.1) is 0 Å². The highest BCUT2D eigenvalue weighted by atomic mass is 32.2. The van der Waals surface area contributed by atoms with Crippen molar-refractivity contribution in [1.82, 2.24) is 0 Å². The van der Waals surface area contributed by atoms with Gasteiger partial charge >= 0.3 is 18.1 Å². The van der Waals surface area contributed by atoms with Crippen molar-refractivity contribution in [3.05, 3.63) is 35.9 Å². The summed E-state index contributed by atoms with van der Waals surface area (Å²) in [5, 5.41) is -0.369. The predicted octanol–water partition coefficient (Wildman–Crippen LogP) is 4.75. The van der Waals surface area contributed by atoms with Gasteiger partial charge in [-0.2, -0.15) is 26.3 Å². The van der Waals surface area contributed by atoms with Crippen molar-refractivity contribution in [2.45, 2.75) is 36.9 Å². The van der Waals surface area contributed by atoms with Crippen LogP contribution < -0.4 is 0 Å². The van der Waals surface area contributed by atoms with Gasteiger partial charge in [0.2, 0.25) is 0 Å². The Morgan fingerprint density at radius 1 is 0.955 bits per heavy atom. The van der Waals surface area contributed by atoms with E-state index in [1.807, 2.05) is 0 Å². The Hall–Kier alpha value is -1.22. The van der Waals surface area contributed by atoms with E-state index in [0.717, 1.165) is 13.8 Å². The first kappa shape index (κ1) is 17.1. The van der Waals surface area contributed by atoms with Crippen LogP contribution in [0.3, 0.4) is 0 Å². The van der Waals surface area contributed by atoms with Crippen molar-refractivity contribution in [3.63, 3.8) is 0 Å². The predicted molar refractivity (Wildman–Crippen MR) is 70.6 cm³/mol. The van der Waals surface area contributed by atoms with E-state index in [-0.39, 0.29) is 10.6 Å². The second kappa shape index (κ2) is 5.16. The molecule has 0 fully saturated rings. The van der Waals surface area contributed by atoms with Crippen LogP contribution in [0, 0.1) is 0 Å². The van der Waals surface area contributed by atoms with Crippen LogP contribution in [0.5, 0.6) is 0 Å². The fourth-order valence-electron chi connectivity index (χ4n) is 1.91. The molecule has 9 heteroatoms. The molecule has 1 aromatic carbocycles. The number of hydrogen-bond donors (Lipinski definition) is 0. The van der Waals surface area contributed by atoms with Crippen LogP contribution >= 0.6 is 11.8 Å². The van der Waals surface area contributed by atoms with Crippen LogP contribution in [0.25, 0.3) is 0 Å². The molecular weight excluding hydrogens is 332 g/mol. The highest BCUT2D eigenvalue weighted by molar-refractivity contribution is 8.15. The lowest BCUT2D eigenvalue weighted by Crippen LogP contribution is -2.62. The molecule has 2 rings (SSSR count). The third-order valence-electron chi connectivity index (χ3n) is 2.78. The first-order chi connectivity index (χ1) is 9.88. The minimum atomic E-state index is -5.73. The zero-order valence-corrected chi connectivity index (χ0v) is 12.2. The number of hydrogen-bond acceptors (Lipinski definition) is 3. The lowest BCUT2D eigenvalue weighted by molar-refractivity contribution is -0.389. The zero-order chi connectivity index (χ0) is 16.8. The van der Waals surface area contributed by atoms with Crippen molar-refractivity contribution in [2.75, 3.05) is 0 Å². The minimum Gasteiger partial charge on any atom is -0.322 e. The number of ether oxygens (including phenoxy) is 1. The Morgan fingerprint density at radius 3 is 1.91 bits per heavy atom. The number of benzene rings is 1. The summed E-state index contributed by atoms with van der Waals surface area (Å²) in [4.78, 5) is 1.18. The molecule has 0 atom stereocenters. The van der Waals surface area contributed by atoms with E-state index in [2.05, 4.69) is 9.73 Å². The van der Waals surface area contributed by atoms with Crippen molar-refractivity contribution in [1.29, 1.82) is 0 Å². The van der Waals surface area contributed by atoms with E-state index in [4.69, 9.17) is 0 Å². The van der Waals surface area contributed by atoms with Gasteiger partial charge in [-0.1, -0.05) is 42.1 Å². The summed E-state index contributed by atoms with van der Waals surface area (Å²) in [6.45, 7) is 2.28. The Morgan fingerprint density at radius 2 is 1.45 bits per heavy atom. The maximum Gasteiger partial charge on any atom is 0.448 e. The quantitative estimate of drug-likeness (QED) is 0.686. The summed E-state index contributed by atoms with van der Waals surface area (Å²) in [5.41, 5.74) is -4.40. The Bertz CT molecular complexity index is 564. The number of aliphatic imine (C=N–C) groups is 1. The molecule has 0 aromatic heterocycles. The van der Waals surface area contributed by atoms with Gasteiger partial charge in [-0.15, -0.1) is 0 Å². The summed E-state index contributed by atoms with van der Waals surface area (Å²) in [5.74, 6) is 0. The van der Waals surface area contributed by atoms with Crippen molar-refractivity contribution < 1.29 is 31.1 Å². The summed E-state index contributed by atoms with van der Waals surface area (Å²) >= 11 is 0.704. The van der Waals surface area contributed by atoms with Crippen molar-refractivity contribution in [2.24, 2.45) is 4.99 Å². The molecule has 22 heavy (non-hydrogen) atoms. The molecule has 0 bridgehead atoms. The molecule has 1 aliphatic rings. The van der Waals surface area contributed by atoms with Gasteiger partial charge in [0.1, 0.15) is 9.98 Å². The zero-order valence-electron chi connectivity index (χ0n) is 11.4. The van der Waals surface area contributed by atoms with Crippen LogP contribution in [0.2, 0.25) is 0 Å². The molecule has 1 aliphatic heterocycles. The molecule has 0 saturated heterocycles. The second-order valence-corrected chi connectivity index (χ2v) is 6.60. The highest BCUT2D eigenvalue weighted by Gasteiger charge is 2.76. The maximum atomic E-state index is 13.2. The molecule has 0 unspecified atom stereocenters. The standard InChI is InChI=1S/C13H11F6NOS/c1-10(2)21-11(12(14,15)16,13(17,18)19)20-9(22-10)8-6-4-3-5-7-8/h3-7H,1-2H3. The van der Waals surface area contributed by atoms with Crippen LogP contribution in [-0.2, 0) is 4.74 Å². The fraction of sp³-hybridized carbons (Fsp3) is 0.462. The van der Waals surface area contributed by atoms with Crippen LogP contribution in [0.4, 0.5) is 26.3 Å². The molecule has 0 N–H and O–H groups in total. The molecule has 0 aliphatic carbocycles. The first-order valence-electron chi connectivity index (χ1n) is 6.06. The van der Waals surface area contributed by atoms with E-state index in [9.17, 15) is 26.3 Å². The van der Waals surface area contributed by atoms with Crippen LogP contribution in [0.1, 0.15) is 19.4 Å². The average molecular weight is 343 g/mol. The van der Waals surface area contributed by atoms with Gasteiger partial charge in [-0.25, -0.2) is 4.99 Å². The molecule has 0 radical (unpaired) electrons. The number of rotatable bonds is 1. The summed E-state index contributed by atoms with van der Waals surface area (Å²) in [6, 6.07) is 7.39. The van der Waals surface area contributed by atoms with E-state index in [1.54, 1.807) is 6.07 Å². The maximum absolute atomic E-state index is 13.2. The number of thioether (sulfide) groups is 1. The number of alkyl halides is 6. The van der Waals surface area contributed by atoms with Gasteiger partial charge in [0, 0.05) is 5.56 Å². The monoisotopic (exact) mass is 343 g/mol. The molecule has 0 saturated carbocycles. The lowest BCUT2D eigenvalue weighted by atomic mass is 10.1. The molecule has 122 valence electrons. The van der Waals surface area contributed by atoms with Gasteiger partial charge < -0.3 is 4.74 Å². The van der Waals surface area contributed by atoms with Crippen molar-refractivity contribution in [3.8, 4) is 0 Å². The van der Waals surface area contributed by atoms with Crippen LogP contribution in [0.15, 0.2) is 35.3 Å². The highest BCUT2D eigenvalue weighted by Crippen LogP contribution is 2.54. The molecule has 1 heterocycles. The van der Waals surface area contributed by atoms with Gasteiger partial charge in [-0.3, -0.25) is 0 Å². The third kappa shape index (κ3) is 2.96. The largest absolute Gasteiger partial charge is 0.448 e. The Labute approximate surface area is 126 Å². The van der Waals surface area contributed by atoms with E-state index in [1.165, 1.54) is 24.3 Å². The number of nitrogens with zero attached hydrogens (tertiary/aromatic N) is 1. The molecule has 0 amide bonds. The van der Waals surface area contributed by atoms with Gasteiger partial charge in [-0.05, 0) is 13.8 Å². The molecular formula is C13H11F6NOS.